The smallest absolute Gasteiger partial charge is 0.188 e. The Morgan fingerprint density at radius 1 is 1.23 bits per heavy atom. The first-order chi connectivity index (χ1) is 12.3. The summed E-state index contributed by atoms with van der Waals surface area (Å²) in [7, 11) is 0. The Bertz CT molecular complexity index is 797. The summed E-state index contributed by atoms with van der Waals surface area (Å²) in [6.07, 6.45) is 3.28. The summed E-state index contributed by atoms with van der Waals surface area (Å²) in [5.41, 5.74) is 1.61. The number of hydrogen-bond donors (Lipinski definition) is 1. The molecule has 6 heteroatoms. The molecule has 1 N–H and O–H groups in total. The monoisotopic (exact) mass is 356 g/mol. The first kappa shape index (κ1) is 18.7. The van der Waals surface area contributed by atoms with Crippen molar-refractivity contribution < 1.29 is 9.59 Å². The van der Waals surface area contributed by atoms with E-state index in [1.54, 1.807) is 20.1 Å². The summed E-state index contributed by atoms with van der Waals surface area (Å²) in [4.78, 5) is 40.5. The van der Waals surface area contributed by atoms with Gasteiger partial charge in [0.05, 0.1) is 5.92 Å². The highest BCUT2D eigenvalue weighted by Gasteiger charge is 2.45. The molecule has 0 fully saturated rings. The Labute approximate surface area is 154 Å². The van der Waals surface area contributed by atoms with E-state index in [0.29, 0.717) is 29.2 Å². The average molecular weight is 356 g/mol. The molecule has 140 valence electrons. The number of imidazole rings is 1. The third-order valence-electron chi connectivity index (χ3n) is 5.46. The number of rotatable bonds is 6. The van der Waals surface area contributed by atoms with Gasteiger partial charge in [-0.3, -0.25) is 14.6 Å². The molecule has 0 saturated carbocycles. The molecule has 0 aromatic carbocycles. The maximum Gasteiger partial charge on any atom is 0.188 e. The maximum atomic E-state index is 13.1. The molecule has 0 saturated heterocycles. The van der Waals surface area contributed by atoms with Crippen LogP contribution in [-0.4, -0.2) is 57.8 Å². The lowest BCUT2D eigenvalue weighted by molar-refractivity contribution is -0.119. The van der Waals surface area contributed by atoms with Crippen LogP contribution in [0.3, 0.4) is 0 Å². The van der Waals surface area contributed by atoms with E-state index in [2.05, 4.69) is 33.7 Å². The topological polar surface area (TPSA) is 78.4 Å². The van der Waals surface area contributed by atoms with Crippen molar-refractivity contribution in [3.8, 4) is 0 Å². The molecule has 0 spiro atoms. The van der Waals surface area contributed by atoms with Gasteiger partial charge in [-0.1, -0.05) is 13.8 Å². The molecule has 1 aromatic rings. The number of allylic oxidation sites excluding steroid dienone is 1. The zero-order valence-electron chi connectivity index (χ0n) is 16.3. The van der Waals surface area contributed by atoms with Crippen molar-refractivity contribution in [2.45, 2.75) is 53.0 Å². The molecule has 1 aromatic heterocycles. The van der Waals surface area contributed by atoms with E-state index in [1.165, 1.54) is 0 Å². The fourth-order valence-electron chi connectivity index (χ4n) is 3.85. The number of ketones is 2. The first-order valence-electron chi connectivity index (χ1n) is 9.47. The number of H-pyrrole nitrogens is 1. The van der Waals surface area contributed by atoms with E-state index < -0.39 is 11.5 Å². The second-order valence-electron chi connectivity index (χ2n) is 7.61. The molecule has 0 bridgehead atoms. The van der Waals surface area contributed by atoms with Gasteiger partial charge in [0.15, 0.2) is 11.6 Å². The lowest BCUT2D eigenvalue weighted by Crippen LogP contribution is -2.41. The van der Waals surface area contributed by atoms with E-state index in [-0.39, 0.29) is 11.6 Å². The van der Waals surface area contributed by atoms with E-state index in [4.69, 9.17) is 0 Å². The van der Waals surface area contributed by atoms with Gasteiger partial charge < -0.3 is 9.88 Å². The molecule has 6 nitrogen and oxygen atoms in total. The van der Waals surface area contributed by atoms with Crippen LogP contribution in [0, 0.1) is 12.8 Å². The lowest BCUT2D eigenvalue weighted by Gasteiger charge is -2.32. The summed E-state index contributed by atoms with van der Waals surface area (Å²) < 4.78 is 0. The highest BCUT2D eigenvalue weighted by Crippen LogP contribution is 2.40. The number of nitrogens with zero attached hydrogens (tertiary/aromatic N) is 3. The van der Waals surface area contributed by atoms with Crippen molar-refractivity contribution >= 4 is 23.4 Å². The predicted octanol–water partition coefficient (Wildman–Crippen LogP) is 2.84. The van der Waals surface area contributed by atoms with Gasteiger partial charge >= 0.3 is 0 Å². The minimum absolute atomic E-state index is 0.0154. The van der Waals surface area contributed by atoms with Crippen LogP contribution in [0.5, 0.6) is 0 Å². The highest BCUT2D eigenvalue weighted by atomic mass is 16.1. The fraction of sp³-hybridized carbons (Fsp3) is 0.600. The van der Waals surface area contributed by atoms with Crippen molar-refractivity contribution in [1.29, 1.82) is 0 Å². The Morgan fingerprint density at radius 3 is 2.58 bits per heavy atom. The zero-order chi connectivity index (χ0) is 19.1. The van der Waals surface area contributed by atoms with Crippen LogP contribution in [0.25, 0.3) is 5.57 Å². The number of aryl methyl sites for hydroxylation is 1. The van der Waals surface area contributed by atoms with E-state index in [1.807, 2.05) is 6.92 Å². The average Bonchev–Trinajstić information content (AvgIpc) is 2.99. The number of nitrogens with one attached hydrogen (secondary N) is 1. The molecule has 2 heterocycles. The zero-order valence-corrected chi connectivity index (χ0v) is 16.3. The number of aromatic nitrogens is 2. The molecule has 26 heavy (non-hydrogen) atoms. The Hall–Kier alpha value is -2.08. The van der Waals surface area contributed by atoms with Gasteiger partial charge in [0, 0.05) is 17.4 Å². The molecule has 0 radical (unpaired) electrons. The Morgan fingerprint density at radius 2 is 1.92 bits per heavy atom. The van der Waals surface area contributed by atoms with Crippen LogP contribution in [0.2, 0.25) is 0 Å². The minimum atomic E-state index is -0.820. The highest BCUT2D eigenvalue weighted by molar-refractivity contribution is 6.30. The number of aliphatic imine (C=N–C) groups is 1. The van der Waals surface area contributed by atoms with Gasteiger partial charge in [0.1, 0.15) is 22.8 Å². The van der Waals surface area contributed by atoms with Gasteiger partial charge in [-0.05, 0) is 53.2 Å². The summed E-state index contributed by atoms with van der Waals surface area (Å²) in [5.74, 6) is 0.206. The minimum Gasteiger partial charge on any atom is -0.339 e. The standard InChI is InChI=1S/C20H28N4O2/c1-6-24(7-2)10-8-9-13-15-14(11-21-20(4,5)19(15)26)16-17(18(13)25)23-12(3)22-16/h11,13H,6-10H2,1-5H3,(H,22,23). The van der Waals surface area contributed by atoms with E-state index >= 15 is 0 Å². The molecule has 1 atom stereocenters. The van der Waals surface area contributed by atoms with E-state index in [0.717, 1.165) is 31.6 Å². The van der Waals surface area contributed by atoms with Gasteiger partial charge in [-0.25, -0.2) is 4.98 Å². The third-order valence-corrected chi connectivity index (χ3v) is 5.46. The Balaban J connectivity index is 1.96. The predicted molar refractivity (Wildman–Crippen MR) is 103 cm³/mol. The van der Waals surface area contributed by atoms with Crippen molar-refractivity contribution in [3.05, 3.63) is 22.8 Å². The van der Waals surface area contributed by atoms with Crippen LogP contribution < -0.4 is 0 Å². The fourth-order valence-corrected chi connectivity index (χ4v) is 3.85. The van der Waals surface area contributed by atoms with Crippen molar-refractivity contribution in [2.75, 3.05) is 19.6 Å². The normalized spacial score (nSPS) is 21.4. The molecule has 2 aliphatic rings. The van der Waals surface area contributed by atoms with E-state index in [9.17, 15) is 9.59 Å². The molecule has 0 amide bonds. The van der Waals surface area contributed by atoms with Crippen molar-refractivity contribution in [3.63, 3.8) is 0 Å². The number of carbonyl (C=O) groups is 2. The van der Waals surface area contributed by atoms with Crippen LogP contribution in [-0.2, 0) is 4.79 Å². The van der Waals surface area contributed by atoms with Gasteiger partial charge in [0.2, 0.25) is 0 Å². The molecule has 1 aliphatic heterocycles. The molecule has 1 unspecified atom stereocenters. The largest absolute Gasteiger partial charge is 0.339 e. The van der Waals surface area contributed by atoms with Gasteiger partial charge in [0.25, 0.3) is 0 Å². The van der Waals surface area contributed by atoms with Gasteiger partial charge in [-0.2, -0.15) is 0 Å². The first-order valence-corrected chi connectivity index (χ1v) is 9.47. The number of carbonyl (C=O) groups excluding carboxylic acids is 2. The van der Waals surface area contributed by atoms with Gasteiger partial charge in [-0.15, -0.1) is 0 Å². The van der Waals surface area contributed by atoms with Crippen molar-refractivity contribution in [1.82, 2.24) is 14.9 Å². The number of aromatic amines is 1. The lowest BCUT2D eigenvalue weighted by atomic mass is 9.73. The maximum absolute atomic E-state index is 13.1. The van der Waals surface area contributed by atoms with Crippen LogP contribution in [0.1, 0.15) is 62.5 Å². The summed E-state index contributed by atoms with van der Waals surface area (Å²) >= 11 is 0. The second kappa shape index (κ2) is 6.91. The second-order valence-corrected chi connectivity index (χ2v) is 7.61. The molecule has 3 rings (SSSR count). The number of dihydropyridines is 1. The van der Waals surface area contributed by atoms with Crippen LogP contribution >= 0.6 is 0 Å². The number of Topliss-reactive ketones (excluding diaryl/α,β-unsaturated/α-hetero) is 2. The summed E-state index contributed by atoms with van der Waals surface area (Å²) in [5, 5.41) is 0. The van der Waals surface area contributed by atoms with Crippen LogP contribution in [0.15, 0.2) is 10.6 Å². The number of hydrogen-bond acceptors (Lipinski definition) is 5. The summed E-state index contributed by atoms with van der Waals surface area (Å²) in [6.45, 7) is 12.6. The molecular weight excluding hydrogens is 328 g/mol. The summed E-state index contributed by atoms with van der Waals surface area (Å²) in [6, 6.07) is 0. The SMILES string of the molecule is CCN(CC)CCCC1C(=O)c2[nH]c(C)nc2C2=C1C(=O)C(C)(C)N=C2. The third kappa shape index (κ3) is 3.07. The van der Waals surface area contributed by atoms with Crippen molar-refractivity contribution in [2.24, 2.45) is 10.9 Å². The number of fused-ring (bicyclic) bond motifs is 2. The van der Waals surface area contributed by atoms with Crippen LogP contribution in [0.4, 0.5) is 0 Å². The molecular formula is C20H28N4O2. The quantitative estimate of drug-likeness (QED) is 0.850. The molecule has 1 aliphatic carbocycles. The Kier molecular flexibility index (Phi) is 4.97.